The zero-order valence-electron chi connectivity index (χ0n) is 23.8. The minimum atomic E-state index is -5.05. The number of carbonyl (C=O) groups is 1. The second-order valence-electron chi connectivity index (χ2n) is 10.8. The van der Waals surface area contributed by atoms with Crippen molar-refractivity contribution in [1.82, 2.24) is 19.7 Å². The third kappa shape index (κ3) is 7.90. The molecule has 2 aliphatic heterocycles. The number of ether oxygens (including phenoxy) is 1. The lowest BCUT2D eigenvalue weighted by Crippen LogP contribution is -2.56. The summed E-state index contributed by atoms with van der Waals surface area (Å²) in [7, 11) is 0. The van der Waals surface area contributed by atoms with E-state index in [1.54, 1.807) is 6.21 Å². The first kappa shape index (κ1) is 31.8. The highest BCUT2D eigenvalue weighted by molar-refractivity contribution is 5.95. The van der Waals surface area contributed by atoms with Gasteiger partial charge in [0.1, 0.15) is 6.61 Å². The molecule has 1 atom stereocenters. The van der Waals surface area contributed by atoms with Crippen LogP contribution in [0, 0.1) is 0 Å². The predicted molar refractivity (Wildman–Crippen MR) is 151 cm³/mol. The number of nitrogens with zero attached hydrogens (tertiary/aromatic N) is 4. The van der Waals surface area contributed by atoms with E-state index in [0.29, 0.717) is 58.0 Å². The second-order valence-corrected chi connectivity index (χ2v) is 10.8. The molecule has 8 nitrogen and oxygen atoms in total. The minimum absolute atomic E-state index is 0.0283. The molecule has 2 fully saturated rings. The molecular weight excluding hydrogens is 592 g/mol. The number of alkyl halides is 6. The Morgan fingerprint density at radius 3 is 2.39 bits per heavy atom. The summed E-state index contributed by atoms with van der Waals surface area (Å²) in [6, 6.07) is 8.03. The van der Waals surface area contributed by atoms with Crippen molar-refractivity contribution in [1.29, 1.82) is 0 Å². The number of amides is 1. The number of halogens is 6. The number of piperazine rings is 1. The number of H-pyrrole nitrogens is 1. The van der Waals surface area contributed by atoms with Gasteiger partial charge in [-0.3, -0.25) is 14.6 Å². The van der Waals surface area contributed by atoms with Gasteiger partial charge < -0.3 is 19.5 Å². The van der Waals surface area contributed by atoms with Crippen molar-refractivity contribution in [3.8, 4) is 0 Å². The Bertz CT molecular complexity index is 1420. The van der Waals surface area contributed by atoms with E-state index in [2.05, 4.69) is 15.0 Å². The summed E-state index contributed by atoms with van der Waals surface area (Å²) in [5.74, 6) is -0.883. The molecule has 14 heteroatoms. The van der Waals surface area contributed by atoms with Crippen LogP contribution in [0.3, 0.4) is 0 Å². The van der Waals surface area contributed by atoms with E-state index in [4.69, 9.17) is 9.57 Å². The fourth-order valence-electron chi connectivity index (χ4n) is 5.58. The van der Waals surface area contributed by atoms with Crippen LogP contribution in [0.4, 0.5) is 26.3 Å². The van der Waals surface area contributed by atoms with E-state index < -0.39 is 41.0 Å². The van der Waals surface area contributed by atoms with Crippen LogP contribution in [-0.2, 0) is 28.3 Å². The average molecular weight is 626 g/mol. The third-order valence-corrected chi connectivity index (χ3v) is 7.88. The highest BCUT2D eigenvalue weighted by Gasteiger charge is 2.39. The quantitative estimate of drug-likeness (QED) is 0.159. The number of carbonyl (C=O) groups excluding carboxylic acids is 1. The van der Waals surface area contributed by atoms with E-state index in [1.165, 1.54) is 4.90 Å². The Hall–Kier alpha value is -3.62. The topological polar surface area (TPSA) is 73.4 Å². The van der Waals surface area contributed by atoms with E-state index >= 15 is 0 Å². The number of benzene rings is 2. The lowest BCUT2D eigenvalue weighted by atomic mass is 9.98. The van der Waals surface area contributed by atoms with Crippen molar-refractivity contribution >= 4 is 23.0 Å². The SMILES string of the molecule is O=C(c1cc(C(F)(F)F)cc(C(F)(F)F)c1)N1CCN(CC=NOCCN2CCOCC2)C[C@H]1Cc1c[nH]c2ccccc12. The summed E-state index contributed by atoms with van der Waals surface area (Å²) in [5, 5.41) is 4.96. The molecule has 5 rings (SSSR count). The van der Waals surface area contributed by atoms with Crippen LogP contribution in [0.1, 0.15) is 27.0 Å². The number of rotatable bonds is 9. The number of para-hydroxylation sites is 1. The van der Waals surface area contributed by atoms with Crippen LogP contribution in [0.5, 0.6) is 0 Å². The van der Waals surface area contributed by atoms with Crippen molar-refractivity contribution < 1.29 is 40.7 Å². The predicted octanol–water partition coefficient (Wildman–Crippen LogP) is 4.91. The molecule has 1 N–H and O–H groups in total. The molecule has 0 aliphatic carbocycles. The Morgan fingerprint density at radius 1 is 0.977 bits per heavy atom. The molecule has 2 aromatic carbocycles. The van der Waals surface area contributed by atoms with Crippen molar-refractivity contribution in [2.75, 3.05) is 65.6 Å². The van der Waals surface area contributed by atoms with E-state index in [-0.39, 0.29) is 12.6 Å². The molecule has 0 bridgehead atoms. The molecule has 44 heavy (non-hydrogen) atoms. The zero-order valence-corrected chi connectivity index (χ0v) is 23.8. The zero-order chi connectivity index (χ0) is 31.3. The van der Waals surface area contributed by atoms with E-state index in [0.717, 1.165) is 36.1 Å². The standard InChI is InChI=1S/C30H33F6N5O3/c31-29(32,33)23-15-21(16-24(18-23)30(34,35)36)28(42)41-8-7-40(6-5-38-44-14-11-39-9-12-43-13-10-39)20-25(41)17-22-19-37-27-4-2-1-3-26(22)27/h1-5,15-16,18-19,25,37H,6-14,17,20H2/t25-/m1/s1. The maximum atomic E-state index is 13.6. The number of aromatic amines is 1. The van der Waals surface area contributed by atoms with Gasteiger partial charge in [-0.2, -0.15) is 26.3 Å². The Morgan fingerprint density at radius 2 is 1.68 bits per heavy atom. The van der Waals surface area contributed by atoms with Crippen LogP contribution in [-0.4, -0.2) is 103 Å². The summed E-state index contributed by atoms with van der Waals surface area (Å²) in [4.78, 5) is 27.8. The molecule has 1 aromatic heterocycles. The summed E-state index contributed by atoms with van der Waals surface area (Å²) >= 11 is 0. The van der Waals surface area contributed by atoms with Gasteiger partial charge in [0.2, 0.25) is 0 Å². The van der Waals surface area contributed by atoms with Gasteiger partial charge in [0.05, 0.1) is 30.6 Å². The maximum Gasteiger partial charge on any atom is 0.416 e. The van der Waals surface area contributed by atoms with Gasteiger partial charge in [-0.05, 0) is 36.2 Å². The number of hydrogen-bond acceptors (Lipinski definition) is 6. The van der Waals surface area contributed by atoms with Gasteiger partial charge >= 0.3 is 12.4 Å². The van der Waals surface area contributed by atoms with Gasteiger partial charge in [0.15, 0.2) is 0 Å². The van der Waals surface area contributed by atoms with Gasteiger partial charge in [0, 0.05) is 74.5 Å². The monoisotopic (exact) mass is 625 g/mol. The van der Waals surface area contributed by atoms with Gasteiger partial charge in [-0.15, -0.1) is 0 Å². The Kier molecular flexibility index (Phi) is 9.81. The normalized spacial score (nSPS) is 19.2. The van der Waals surface area contributed by atoms with Crippen LogP contribution in [0.2, 0.25) is 0 Å². The number of morpholine rings is 1. The molecular formula is C30H33F6N5O3. The highest BCUT2D eigenvalue weighted by atomic mass is 19.4. The minimum Gasteiger partial charge on any atom is -0.395 e. The van der Waals surface area contributed by atoms with Crippen molar-refractivity contribution in [2.24, 2.45) is 5.16 Å². The molecule has 1 amide bonds. The molecule has 0 spiro atoms. The number of oxime groups is 1. The fourth-order valence-corrected chi connectivity index (χ4v) is 5.58. The summed E-state index contributed by atoms with van der Waals surface area (Å²) in [6.07, 6.45) is -6.35. The molecule has 0 saturated carbocycles. The first-order valence-electron chi connectivity index (χ1n) is 14.3. The molecule has 0 radical (unpaired) electrons. The summed E-state index contributed by atoms with van der Waals surface area (Å²) < 4.78 is 86.5. The largest absolute Gasteiger partial charge is 0.416 e. The lowest BCUT2D eigenvalue weighted by molar-refractivity contribution is -0.143. The molecule has 238 valence electrons. The second kappa shape index (κ2) is 13.6. The third-order valence-electron chi connectivity index (χ3n) is 7.88. The van der Waals surface area contributed by atoms with Crippen LogP contribution < -0.4 is 0 Å². The average Bonchev–Trinajstić information content (AvgIpc) is 3.41. The van der Waals surface area contributed by atoms with Crippen LogP contribution in [0.25, 0.3) is 10.9 Å². The maximum absolute atomic E-state index is 13.6. The Labute approximate surface area is 250 Å². The molecule has 3 heterocycles. The summed E-state index contributed by atoms with van der Waals surface area (Å²) in [6.45, 7) is 5.37. The van der Waals surface area contributed by atoms with Crippen molar-refractivity contribution in [3.63, 3.8) is 0 Å². The molecule has 3 aromatic rings. The smallest absolute Gasteiger partial charge is 0.395 e. The van der Waals surface area contributed by atoms with Crippen molar-refractivity contribution in [3.05, 3.63) is 70.9 Å². The molecule has 2 saturated heterocycles. The van der Waals surface area contributed by atoms with E-state index in [1.807, 2.05) is 35.4 Å². The first-order chi connectivity index (χ1) is 21.0. The number of nitrogens with one attached hydrogen (secondary N) is 1. The summed E-state index contributed by atoms with van der Waals surface area (Å²) in [5.41, 5.74) is -1.94. The Balaban J connectivity index is 1.32. The van der Waals surface area contributed by atoms with Gasteiger partial charge in [0.25, 0.3) is 5.91 Å². The van der Waals surface area contributed by atoms with Crippen LogP contribution in [0.15, 0.2) is 53.8 Å². The number of hydrogen-bond donors (Lipinski definition) is 1. The van der Waals surface area contributed by atoms with E-state index in [9.17, 15) is 31.1 Å². The molecule has 0 unspecified atom stereocenters. The lowest BCUT2D eigenvalue weighted by Gasteiger charge is -2.41. The molecule has 2 aliphatic rings. The van der Waals surface area contributed by atoms with Gasteiger partial charge in [-0.1, -0.05) is 23.4 Å². The first-order valence-corrected chi connectivity index (χ1v) is 14.3. The highest BCUT2D eigenvalue weighted by Crippen LogP contribution is 2.37. The number of aromatic nitrogens is 1. The van der Waals surface area contributed by atoms with Crippen LogP contribution >= 0.6 is 0 Å². The number of fused-ring (bicyclic) bond motifs is 1. The fraction of sp³-hybridized carbons (Fsp3) is 0.467. The van der Waals surface area contributed by atoms with Gasteiger partial charge in [-0.25, -0.2) is 0 Å². The van der Waals surface area contributed by atoms with Crippen molar-refractivity contribution in [2.45, 2.75) is 24.8 Å².